The molecule has 1 amide bonds. The molecular weight excluding hydrogens is 282 g/mol. The van der Waals surface area contributed by atoms with E-state index in [0.29, 0.717) is 11.8 Å². The molecule has 3 rings (SSSR count). The molecular formula is C15H21N5O2. The van der Waals surface area contributed by atoms with Crippen LogP contribution < -0.4 is 5.32 Å². The van der Waals surface area contributed by atoms with Gasteiger partial charge in [-0.05, 0) is 45.8 Å². The van der Waals surface area contributed by atoms with E-state index in [4.69, 9.17) is 4.52 Å². The maximum absolute atomic E-state index is 12.3. The van der Waals surface area contributed by atoms with Crippen molar-refractivity contribution in [2.75, 3.05) is 18.4 Å². The lowest BCUT2D eigenvalue weighted by Gasteiger charge is -2.34. The number of nitrogens with zero attached hydrogens (tertiary/aromatic N) is 3. The Labute approximate surface area is 129 Å². The number of likely N-dealkylation sites (tertiary alicyclic amines) is 1. The summed E-state index contributed by atoms with van der Waals surface area (Å²) in [6.07, 6.45) is 3.85. The number of carbonyl (C=O) groups is 1. The number of carbonyl (C=O) groups excluding carboxylic acids is 1. The van der Waals surface area contributed by atoms with Gasteiger partial charge in [0.1, 0.15) is 0 Å². The number of nitrogens with one attached hydrogen (secondary N) is 2. The van der Waals surface area contributed by atoms with E-state index in [1.807, 2.05) is 19.9 Å². The van der Waals surface area contributed by atoms with Crippen molar-refractivity contribution in [3.8, 4) is 0 Å². The molecule has 0 saturated carbocycles. The summed E-state index contributed by atoms with van der Waals surface area (Å²) in [4.78, 5) is 14.5. The SMILES string of the molecule is Cc1cc(NC(=O)[C@H](C)N2CCC(c3ccn[nH]3)CC2)on1. The van der Waals surface area contributed by atoms with Crippen LogP contribution in [-0.4, -0.2) is 45.3 Å². The topological polar surface area (TPSA) is 87.0 Å². The Kier molecular flexibility index (Phi) is 4.24. The van der Waals surface area contributed by atoms with Crippen molar-refractivity contribution in [3.63, 3.8) is 0 Å². The smallest absolute Gasteiger partial charge is 0.243 e. The summed E-state index contributed by atoms with van der Waals surface area (Å²) in [5, 5.41) is 13.6. The monoisotopic (exact) mass is 303 g/mol. The second kappa shape index (κ2) is 6.31. The Morgan fingerprint density at radius 3 is 2.86 bits per heavy atom. The molecule has 7 heteroatoms. The number of H-pyrrole nitrogens is 1. The number of amides is 1. The predicted octanol–water partition coefficient (Wildman–Crippen LogP) is 1.91. The molecule has 3 heterocycles. The van der Waals surface area contributed by atoms with Crippen LogP contribution in [0.4, 0.5) is 5.88 Å². The first-order valence-electron chi connectivity index (χ1n) is 7.61. The van der Waals surface area contributed by atoms with E-state index in [-0.39, 0.29) is 11.9 Å². The molecule has 0 radical (unpaired) electrons. The van der Waals surface area contributed by atoms with Crippen LogP contribution in [0.1, 0.15) is 37.1 Å². The van der Waals surface area contributed by atoms with E-state index < -0.39 is 0 Å². The molecule has 22 heavy (non-hydrogen) atoms. The van der Waals surface area contributed by atoms with Crippen LogP contribution in [0.2, 0.25) is 0 Å². The molecule has 0 aromatic carbocycles. The number of piperidine rings is 1. The normalized spacial score (nSPS) is 18.3. The minimum Gasteiger partial charge on any atom is -0.338 e. The van der Waals surface area contributed by atoms with Crippen molar-refractivity contribution >= 4 is 11.8 Å². The van der Waals surface area contributed by atoms with Crippen LogP contribution in [-0.2, 0) is 4.79 Å². The van der Waals surface area contributed by atoms with Crippen LogP contribution in [0.15, 0.2) is 22.9 Å². The van der Waals surface area contributed by atoms with E-state index >= 15 is 0 Å². The van der Waals surface area contributed by atoms with Crippen LogP contribution in [0.25, 0.3) is 0 Å². The summed E-state index contributed by atoms with van der Waals surface area (Å²) >= 11 is 0. The number of anilines is 1. The minimum absolute atomic E-state index is 0.0591. The van der Waals surface area contributed by atoms with Gasteiger partial charge in [-0.1, -0.05) is 5.16 Å². The van der Waals surface area contributed by atoms with Gasteiger partial charge in [-0.25, -0.2) is 0 Å². The van der Waals surface area contributed by atoms with Gasteiger partial charge < -0.3 is 4.52 Å². The van der Waals surface area contributed by atoms with Gasteiger partial charge in [0, 0.05) is 23.9 Å². The number of aromatic nitrogens is 3. The van der Waals surface area contributed by atoms with E-state index in [9.17, 15) is 4.79 Å². The Hall–Kier alpha value is -2.15. The second-order valence-electron chi connectivity index (χ2n) is 5.82. The molecule has 1 atom stereocenters. The van der Waals surface area contributed by atoms with Gasteiger partial charge in [0.25, 0.3) is 0 Å². The average molecular weight is 303 g/mol. The highest BCUT2D eigenvalue weighted by Gasteiger charge is 2.28. The third-order valence-electron chi connectivity index (χ3n) is 4.29. The van der Waals surface area contributed by atoms with E-state index in [1.165, 1.54) is 5.69 Å². The fraction of sp³-hybridized carbons (Fsp3) is 0.533. The molecule has 2 aromatic heterocycles. The van der Waals surface area contributed by atoms with Crippen molar-refractivity contribution in [3.05, 3.63) is 29.7 Å². The van der Waals surface area contributed by atoms with Gasteiger partial charge in [0.2, 0.25) is 11.8 Å². The molecule has 1 aliphatic rings. The first-order valence-corrected chi connectivity index (χ1v) is 7.61. The third kappa shape index (κ3) is 3.19. The van der Waals surface area contributed by atoms with Gasteiger partial charge in [0.15, 0.2) is 0 Å². The van der Waals surface area contributed by atoms with E-state index in [2.05, 4.69) is 25.6 Å². The van der Waals surface area contributed by atoms with Crippen LogP contribution in [0.3, 0.4) is 0 Å². The summed E-state index contributed by atoms with van der Waals surface area (Å²) in [6, 6.07) is 3.56. The molecule has 118 valence electrons. The Morgan fingerprint density at radius 2 is 2.27 bits per heavy atom. The molecule has 2 aromatic rings. The maximum atomic E-state index is 12.3. The van der Waals surface area contributed by atoms with Crippen molar-refractivity contribution in [1.82, 2.24) is 20.3 Å². The highest BCUT2D eigenvalue weighted by atomic mass is 16.5. The lowest BCUT2D eigenvalue weighted by molar-refractivity contribution is -0.121. The van der Waals surface area contributed by atoms with E-state index in [0.717, 1.165) is 31.6 Å². The minimum atomic E-state index is -0.187. The van der Waals surface area contributed by atoms with Gasteiger partial charge in [-0.15, -0.1) is 0 Å². The van der Waals surface area contributed by atoms with E-state index in [1.54, 1.807) is 12.3 Å². The predicted molar refractivity (Wildman–Crippen MR) is 81.5 cm³/mol. The number of aromatic amines is 1. The number of aryl methyl sites for hydroxylation is 1. The molecule has 0 bridgehead atoms. The highest BCUT2D eigenvalue weighted by molar-refractivity contribution is 5.93. The zero-order chi connectivity index (χ0) is 15.5. The Bertz CT molecular complexity index is 614. The lowest BCUT2D eigenvalue weighted by atomic mass is 9.93. The largest absolute Gasteiger partial charge is 0.338 e. The Balaban J connectivity index is 1.53. The second-order valence-corrected chi connectivity index (χ2v) is 5.82. The fourth-order valence-corrected chi connectivity index (χ4v) is 2.91. The zero-order valence-electron chi connectivity index (χ0n) is 12.9. The van der Waals surface area contributed by atoms with Crippen LogP contribution >= 0.6 is 0 Å². The Morgan fingerprint density at radius 1 is 1.50 bits per heavy atom. The zero-order valence-corrected chi connectivity index (χ0v) is 12.9. The van der Waals surface area contributed by atoms with Gasteiger partial charge in [-0.3, -0.25) is 20.1 Å². The standard InChI is InChI=1S/C15H21N5O2/c1-10-9-14(22-19-10)17-15(21)11(2)20-7-4-12(5-8-20)13-3-6-16-18-13/h3,6,9,11-12H,4-5,7-8H2,1-2H3,(H,16,18)(H,17,21)/t11-/m0/s1. The summed E-state index contributed by atoms with van der Waals surface area (Å²) < 4.78 is 5.03. The maximum Gasteiger partial charge on any atom is 0.243 e. The molecule has 0 aliphatic carbocycles. The van der Waals surface area contributed by atoms with Gasteiger partial charge in [-0.2, -0.15) is 5.10 Å². The summed E-state index contributed by atoms with van der Waals surface area (Å²) in [5.74, 6) is 0.851. The van der Waals surface area contributed by atoms with Crippen LogP contribution in [0, 0.1) is 6.92 Å². The number of hydrogen-bond donors (Lipinski definition) is 2. The quantitative estimate of drug-likeness (QED) is 0.901. The van der Waals surface area contributed by atoms with Crippen molar-refractivity contribution < 1.29 is 9.32 Å². The van der Waals surface area contributed by atoms with Crippen molar-refractivity contribution in [1.29, 1.82) is 0 Å². The van der Waals surface area contributed by atoms with Gasteiger partial charge >= 0.3 is 0 Å². The number of rotatable bonds is 4. The highest BCUT2D eigenvalue weighted by Crippen LogP contribution is 2.27. The number of hydrogen-bond acceptors (Lipinski definition) is 5. The molecule has 0 spiro atoms. The average Bonchev–Trinajstić information content (AvgIpc) is 3.18. The fourth-order valence-electron chi connectivity index (χ4n) is 2.91. The molecule has 1 aliphatic heterocycles. The molecule has 7 nitrogen and oxygen atoms in total. The summed E-state index contributed by atoms with van der Waals surface area (Å²) in [7, 11) is 0. The third-order valence-corrected chi connectivity index (χ3v) is 4.29. The molecule has 0 unspecified atom stereocenters. The van der Waals surface area contributed by atoms with Crippen LogP contribution in [0.5, 0.6) is 0 Å². The van der Waals surface area contributed by atoms with Crippen molar-refractivity contribution in [2.45, 2.75) is 38.6 Å². The van der Waals surface area contributed by atoms with Crippen molar-refractivity contribution in [2.24, 2.45) is 0 Å². The first kappa shape index (κ1) is 14.8. The lowest BCUT2D eigenvalue weighted by Crippen LogP contribution is -2.45. The molecule has 1 fully saturated rings. The van der Waals surface area contributed by atoms with Gasteiger partial charge in [0.05, 0.1) is 11.7 Å². The summed E-state index contributed by atoms with van der Waals surface area (Å²) in [5.41, 5.74) is 1.94. The molecule has 1 saturated heterocycles. The summed E-state index contributed by atoms with van der Waals surface area (Å²) in [6.45, 7) is 5.54. The first-order chi connectivity index (χ1) is 10.6. The molecule has 2 N–H and O–H groups in total.